The lowest BCUT2D eigenvalue weighted by molar-refractivity contribution is -0.266. The minimum absolute atomic E-state index is 0.0736. The number of rotatable bonds is 4. The minimum atomic E-state index is -0.806. The van der Waals surface area contributed by atoms with Gasteiger partial charge >= 0.3 is 0 Å². The topological polar surface area (TPSA) is 82.3 Å². The highest BCUT2D eigenvalue weighted by molar-refractivity contribution is 7.99. The summed E-state index contributed by atoms with van der Waals surface area (Å²) in [6, 6.07) is 1.47. The minimum Gasteiger partial charge on any atom is -0.387 e. The Balaban J connectivity index is 1.41. The van der Waals surface area contributed by atoms with Crippen LogP contribution in [0.1, 0.15) is 6.04 Å². The first-order valence-corrected chi connectivity index (χ1v) is 10.5. The van der Waals surface area contributed by atoms with Crippen molar-refractivity contribution in [2.24, 2.45) is 0 Å². The van der Waals surface area contributed by atoms with Crippen molar-refractivity contribution in [3.63, 3.8) is 0 Å². The molecule has 3 aromatic rings. The molecule has 5 unspecified atom stereocenters. The van der Waals surface area contributed by atoms with Gasteiger partial charge in [0.25, 0.3) is 0 Å². The molecule has 0 amide bonds. The molecule has 5 atom stereocenters. The van der Waals surface area contributed by atoms with E-state index in [0.717, 1.165) is 15.5 Å². The van der Waals surface area contributed by atoms with Gasteiger partial charge in [0.1, 0.15) is 34.8 Å². The van der Waals surface area contributed by atoms with E-state index >= 15 is 0 Å². The summed E-state index contributed by atoms with van der Waals surface area (Å²) in [4.78, 5) is 9.25. The molecule has 7 nitrogen and oxygen atoms in total. The summed E-state index contributed by atoms with van der Waals surface area (Å²) in [6.07, 6.45) is 7.61. The lowest BCUT2D eigenvalue weighted by Gasteiger charge is -2.49. The Morgan fingerprint density at radius 3 is 3.00 bits per heavy atom. The number of halogens is 1. The molecule has 2 saturated heterocycles. The van der Waals surface area contributed by atoms with Gasteiger partial charge in [-0.3, -0.25) is 9.67 Å². The second-order valence-electron chi connectivity index (χ2n) is 6.33. The number of aliphatic hydroxyl groups is 1. The van der Waals surface area contributed by atoms with Crippen molar-refractivity contribution in [1.29, 1.82) is 0 Å². The molecule has 0 radical (unpaired) electrons. The molecule has 1 N–H and O–H groups in total. The fraction of sp³-hybridized carbons (Fsp3) is 0.353. The van der Waals surface area contributed by atoms with Crippen LogP contribution in [-0.2, 0) is 9.47 Å². The van der Waals surface area contributed by atoms with Gasteiger partial charge in [0, 0.05) is 40.6 Å². The third-order valence-corrected chi connectivity index (χ3v) is 6.76. The van der Waals surface area contributed by atoms with Gasteiger partial charge < -0.3 is 14.6 Å². The zero-order valence-electron chi connectivity index (χ0n) is 13.9. The fourth-order valence-corrected chi connectivity index (χ4v) is 5.24. The Bertz CT molecular complexity index is 938. The third-order valence-electron chi connectivity index (χ3n) is 4.61. The number of ether oxygens (including phenoxy) is 2. The monoisotopic (exact) mass is 422 g/mol. The highest BCUT2D eigenvalue weighted by Gasteiger charge is 2.52. The van der Waals surface area contributed by atoms with Crippen LogP contribution in [0, 0.1) is 0 Å². The van der Waals surface area contributed by atoms with Gasteiger partial charge in [0.2, 0.25) is 0 Å². The molecule has 2 aliphatic rings. The summed E-state index contributed by atoms with van der Waals surface area (Å²) < 4.78 is 13.5. The Morgan fingerprint density at radius 2 is 2.26 bits per heavy atom. The Kier molecular flexibility index (Phi) is 4.66. The van der Waals surface area contributed by atoms with Gasteiger partial charge in [-0.1, -0.05) is 23.4 Å². The molecule has 3 aromatic heterocycles. The molecule has 10 heteroatoms. The van der Waals surface area contributed by atoms with E-state index in [9.17, 15) is 5.11 Å². The Morgan fingerprint density at radius 1 is 1.33 bits per heavy atom. The molecule has 140 valence electrons. The molecule has 5 heterocycles. The van der Waals surface area contributed by atoms with Crippen LogP contribution < -0.4 is 0 Å². The molecule has 5 rings (SSSR count). The number of nitrogens with zero attached hydrogens (tertiary/aromatic N) is 4. The largest absolute Gasteiger partial charge is 0.387 e. The van der Waals surface area contributed by atoms with E-state index in [1.807, 2.05) is 17.6 Å². The SMILES string of the molecule is OC1C(Sc2cncc(Cl)c2)OC2COC2C1n1cc(-c2nccs2)cn1. The van der Waals surface area contributed by atoms with Crippen LogP contribution in [0.25, 0.3) is 10.6 Å². The molecule has 2 aliphatic heterocycles. The average Bonchev–Trinajstić information content (AvgIpc) is 3.31. The summed E-state index contributed by atoms with van der Waals surface area (Å²) in [5, 5.41) is 18.9. The van der Waals surface area contributed by atoms with Crippen molar-refractivity contribution >= 4 is 34.7 Å². The van der Waals surface area contributed by atoms with E-state index in [-0.39, 0.29) is 18.2 Å². The van der Waals surface area contributed by atoms with E-state index in [2.05, 4.69) is 15.1 Å². The van der Waals surface area contributed by atoms with E-state index in [1.165, 1.54) is 11.8 Å². The lowest BCUT2D eigenvalue weighted by atomic mass is 9.93. The van der Waals surface area contributed by atoms with Crippen molar-refractivity contribution in [2.45, 2.75) is 34.7 Å². The number of aromatic nitrogens is 4. The Hall–Kier alpha value is -1.49. The first-order valence-electron chi connectivity index (χ1n) is 8.35. The van der Waals surface area contributed by atoms with E-state index in [4.69, 9.17) is 21.1 Å². The number of hydrogen-bond donors (Lipinski definition) is 1. The second kappa shape index (κ2) is 7.16. The van der Waals surface area contributed by atoms with E-state index in [0.29, 0.717) is 11.6 Å². The highest BCUT2D eigenvalue weighted by atomic mass is 35.5. The van der Waals surface area contributed by atoms with Gasteiger partial charge in [0.15, 0.2) is 0 Å². The maximum absolute atomic E-state index is 11.0. The van der Waals surface area contributed by atoms with Gasteiger partial charge in [-0.2, -0.15) is 5.10 Å². The van der Waals surface area contributed by atoms with Crippen molar-refractivity contribution in [3.05, 3.63) is 47.5 Å². The van der Waals surface area contributed by atoms with Crippen LogP contribution in [0.5, 0.6) is 0 Å². The van der Waals surface area contributed by atoms with Crippen LogP contribution >= 0.6 is 34.7 Å². The smallest absolute Gasteiger partial charge is 0.136 e. The number of aliphatic hydroxyl groups excluding tert-OH is 1. The fourth-order valence-electron chi connectivity index (χ4n) is 3.30. The average molecular weight is 423 g/mol. The summed E-state index contributed by atoms with van der Waals surface area (Å²) in [5.74, 6) is 0. The molecule has 0 aliphatic carbocycles. The summed E-state index contributed by atoms with van der Waals surface area (Å²) in [6.45, 7) is 0.513. The quantitative estimate of drug-likeness (QED) is 0.692. The Labute approximate surface area is 168 Å². The molecule has 2 fully saturated rings. The normalized spacial score (nSPS) is 29.9. The maximum Gasteiger partial charge on any atom is 0.136 e. The lowest BCUT2D eigenvalue weighted by Crippen LogP contribution is -2.62. The zero-order valence-corrected chi connectivity index (χ0v) is 16.3. The molecular formula is C17H15ClN4O3S2. The van der Waals surface area contributed by atoms with Crippen molar-refractivity contribution < 1.29 is 14.6 Å². The van der Waals surface area contributed by atoms with E-state index in [1.54, 1.807) is 40.8 Å². The molecule has 0 aromatic carbocycles. The predicted molar refractivity (Wildman–Crippen MR) is 102 cm³/mol. The molecule has 0 bridgehead atoms. The molecule has 27 heavy (non-hydrogen) atoms. The summed E-state index contributed by atoms with van der Waals surface area (Å²) in [7, 11) is 0. The standard InChI is InChI=1S/C17H15ClN4O3S2/c18-10-3-11(6-19-5-10)27-17-14(23)13(15-12(25-17)8-24-15)22-7-9(4-21-22)16-20-1-2-26-16/h1-7,12-15,17,23H,8H2. The third kappa shape index (κ3) is 3.28. The van der Waals surface area contributed by atoms with Gasteiger partial charge in [-0.15, -0.1) is 11.3 Å². The number of thioether (sulfide) groups is 1. The number of hydrogen-bond acceptors (Lipinski definition) is 8. The summed E-state index contributed by atoms with van der Waals surface area (Å²) >= 11 is 8.97. The van der Waals surface area contributed by atoms with Gasteiger partial charge in [0.05, 0.1) is 17.8 Å². The number of pyridine rings is 1. The first kappa shape index (κ1) is 17.6. The molecule has 0 saturated carbocycles. The number of fused-ring (bicyclic) bond motifs is 1. The van der Waals surface area contributed by atoms with Gasteiger partial charge in [-0.05, 0) is 6.07 Å². The highest BCUT2D eigenvalue weighted by Crippen LogP contribution is 2.43. The predicted octanol–water partition coefficient (Wildman–Crippen LogP) is 2.87. The molecular weight excluding hydrogens is 408 g/mol. The van der Waals surface area contributed by atoms with Crippen molar-refractivity contribution in [1.82, 2.24) is 19.7 Å². The van der Waals surface area contributed by atoms with Crippen LogP contribution in [0.15, 0.2) is 47.3 Å². The van der Waals surface area contributed by atoms with Crippen LogP contribution in [0.2, 0.25) is 5.02 Å². The van der Waals surface area contributed by atoms with Crippen molar-refractivity contribution in [3.8, 4) is 10.6 Å². The van der Waals surface area contributed by atoms with Crippen LogP contribution in [0.3, 0.4) is 0 Å². The second-order valence-corrected chi connectivity index (χ2v) is 8.83. The molecule has 0 spiro atoms. The van der Waals surface area contributed by atoms with E-state index < -0.39 is 11.5 Å². The first-order chi connectivity index (χ1) is 13.2. The zero-order chi connectivity index (χ0) is 18.4. The van der Waals surface area contributed by atoms with Crippen LogP contribution in [-0.4, -0.2) is 55.2 Å². The van der Waals surface area contributed by atoms with Crippen LogP contribution in [0.4, 0.5) is 0 Å². The maximum atomic E-state index is 11.0. The number of thiazole rings is 1. The van der Waals surface area contributed by atoms with Crippen molar-refractivity contribution in [2.75, 3.05) is 6.61 Å². The summed E-state index contributed by atoms with van der Waals surface area (Å²) in [5.41, 5.74) is 0.454. The van der Waals surface area contributed by atoms with Gasteiger partial charge in [-0.25, -0.2) is 4.98 Å².